The predicted octanol–water partition coefficient (Wildman–Crippen LogP) is -10.8. The van der Waals surface area contributed by atoms with Crippen LogP contribution in [0.5, 0.6) is 0 Å². The number of rotatable bonds is 25. The van der Waals surface area contributed by atoms with Gasteiger partial charge in [0.05, 0.1) is 58.8 Å². The molecule has 2 aliphatic heterocycles. The third-order valence-electron chi connectivity index (χ3n) is 13.8. The highest BCUT2D eigenvalue weighted by Gasteiger charge is 2.27. The summed E-state index contributed by atoms with van der Waals surface area (Å²) < 4.78 is 0. The van der Waals surface area contributed by atoms with Crippen molar-refractivity contribution in [2.45, 2.75) is 24.9 Å². The van der Waals surface area contributed by atoms with Gasteiger partial charge >= 0.3 is 0 Å². The topological polar surface area (TPSA) is 431 Å². The number of thiocarbonyl (C=S) groups is 1. The molecule has 0 spiro atoms. The van der Waals surface area contributed by atoms with E-state index in [9.17, 15) is 88.8 Å². The standard InChI is InChI=1S/C25H36BrN5O9.C25H37N5O9S.C7H7NS/c26-12-21(32)27-19-3-1-18(2-4-19)11-20-13-30(16-24(37)38)8-7-28(14-22(33)34)5-6-29(15-23(35)36)9-10-31(20)17-25(39)40;31-21(17-40)26-19-3-1-18(2-4-19)11-20-12-29(15-24(36)37)8-7-27(13-22(32)33)5-6-28(14-23(34)35)9-10-30(20)16-25(38)39;8-7(9)6-4-2-1-3-5-6/h1-4,20H,5-17H2,(H,27,32)(H,33,34)(H,35,36)(H,37,38)(H,39,40);1-4,20,40H,5-17H2,(H,26,31)(H,32,33)(H,34,35)(H,36,37)(H,38,39);1-5H,(H2,8,9)/p-8/t2*20-;/m00./s1. The molecule has 490 valence electrons. The van der Waals surface area contributed by atoms with Crippen molar-refractivity contribution >= 4 is 117 Å². The number of hydrogen-bond acceptors (Lipinski definition) is 28. The highest BCUT2D eigenvalue weighted by atomic mass is 79.9. The molecule has 0 aromatic heterocycles. The zero-order valence-corrected chi connectivity index (χ0v) is 52.1. The van der Waals surface area contributed by atoms with E-state index in [0.717, 1.165) is 16.7 Å². The molecule has 0 radical (unpaired) electrons. The average molecular weight is 1340 g/mol. The maximum Gasteiger partial charge on any atom is 0.235 e. The molecule has 5 rings (SSSR count). The first-order valence-electron chi connectivity index (χ1n) is 27.9. The Morgan fingerprint density at radius 1 is 0.427 bits per heavy atom. The van der Waals surface area contributed by atoms with E-state index in [1.165, 1.54) is 19.6 Å². The van der Waals surface area contributed by atoms with Gasteiger partial charge in [-0.3, -0.25) is 48.8 Å². The Labute approximate surface area is 534 Å². The summed E-state index contributed by atoms with van der Waals surface area (Å²) in [5.74, 6) is -11.3. The number of nitrogens with two attached hydrogens (primary N) is 1. The fourth-order valence-corrected chi connectivity index (χ4v) is 9.99. The lowest BCUT2D eigenvalue weighted by atomic mass is 10.0. The van der Waals surface area contributed by atoms with Gasteiger partial charge in [-0.15, -0.1) is 0 Å². The molecule has 0 aliphatic carbocycles. The highest BCUT2D eigenvalue weighted by Crippen LogP contribution is 2.18. The van der Waals surface area contributed by atoms with Crippen molar-refractivity contribution < 1.29 is 88.8 Å². The molecule has 89 heavy (non-hydrogen) atoms. The van der Waals surface area contributed by atoms with E-state index in [0.29, 0.717) is 16.4 Å². The molecule has 0 bridgehead atoms. The van der Waals surface area contributed by atoms with Gasteiger partial charge in [-0.1, -0.05) is 82.7 Å². The number of carbonyl (C=O) groups excluding carboxylic acids is 10. The van der Waals surface area contributed by atoms with E-state index in [2.05, 4.69) is 39.2 Å². The van der Waals surface area contributed by atoms with Crippen molar-refractivity contribution in [1.29, 1.82) is 0 Å². The summed E-state index contributed by atoms with van der Waals surface area (Å²) in [6.45, 7) is -1.97. The number of carboxylic acid groups (broad SMARTS) is 8. The number of amides is 2. The number of aliphatic carboxylic acids is 8. The zero-order valence-electron chi connectivity index (χ0n) is 48.8. The number of benzene rings is 3. The number of nitrogens with one attached hydrogen (secondary N) is 2. The molecule has 2 fully saturated rings. The lowest BCUT2D eigenvalue weighted by Gasteiger charge is -2.39. The molecular formula is C57H72BrN11O18S2-8. The Balaban J connectivity index is 0.000000406. The lowest BCUT2D eigenvalue weighted by molar-refractivity contribution is -0.309. The predicted molar refractivity (Wildman–Crippen MR) is 317 cm³/mol. The molecule has 3 aromatic rings. The fraction of sp³-hybridized carbons (Fsp3) is 0.491. The summed E-state index contributed by atoms with van der Waals surface area (Å²) in [5, 5.41) is 97.1. The van der Waals surface area contributed by atoms with Crippen molar-refractivity contribution in [2.24, 2.45) is 5.73 Å². The summed E-state index contributed by atoms with van der Waals surface area (Å²) >= 11 is 11.7. The zero-order chi connectivity index (χ0) is 66.0. The fourth-order valence-electron chi connectivity index (χ4n) is 9.63. The van der Waals surface area contributed by atoms with Crippen molar-refractivity contribution in [2.75, 3.05) is 166 Å². The molecule has 2 amide bonds. The average Bonchev–Trinajstić information content (AvgIpc) is 3.53. The van der Waals surface area contributed by atoms with E-state index in [4.69, 9.17) is 18.0 Å². The number of thiol groups is 1. The first kappa shape index (κ1) is 76.0. The summed E-state index contributed by atoms with van der Waals surface area (Å²) in [7, 11) is 0. The van der Waals surface area contributed by atoms with Crippen LogP contribution in [0.25, 0.3) is 0 Å². The Kier molecular flexibility index (Phi) is 35.1. The molecule has 32 heteroatoms. The molecule has 29 nitrogen and oxygen atoms in total. The number of anilines is 2. The second-order valence-electron chi connectivity index (χ2n) is 20.7. The van der Waals surface area contributed by atoms with Crippen LogP contribution >= 0.6 is 40.8 Å². The summed E-state index contributed by atoms with van der Waals surface area (Å²) in [6.07, 6.45) is 0.563. The van der Waals surface area contributed by atoms with Gasteiger partial charge in [-0.25, -0.2) is 0 Å². The first-order valence-corrected chi connectivity index (χ1v) is 30.1. The Morgan fingerprint density at radius 2 is 0.708 bits per heavy atom. The number of halogens is 1. The van der Waals surface area contributed by atoms with Crippen LogP contribution in [0.1, 0.15) is 16.7 Å². The maximum atomic E-state index is 11.7. The van der Waals surface area contributed by atoms with E-state index in [1.54, 1.807) is 68.1 Å². The Bertz CT molecular complexity index is 2640. The van der Waals surface area contributed by atoms with Gasteiger partial charge in [0.25, 0.3) is 0 Å². The minimum atomic E-state index is -1.36. The van der Waals surface area contributed by atoms with Crippen LogP contribution in [0.15, 0.2) is 78.9 Å². The van der Waals surface area contributed by atoms with Crippen LogP contribution in [0.3, 0.4) is 0 Å². The molecule has 0 saturated carbocycles. The van der Waals surface area contributed by atoms with Gasteiger partial charge in [-0.2, -0.15) is 12.6 Å². The number of alkyl halides is 1. The molecule has 2 heterocycles. The minimum Gasteiger partial charge on any atom is -0.549 e. The monoisotopic (exact) mass is 1340 g/mol. The SMILES string of the molecule is NC(=S)c1ccccc1.O=C([O-])CN1CCN(CC(=O)[O-])CCN(CC(=O)[O-])[C@@H](Cc2ccc(NC(=O)CBr)cc2)CN(CC(=O)[O-])CC1.O=C([O-])CN1CCN(CC(=O)[O-])CCN(CC(=O)[O-])[C@@H](Cc2ccc(NC(=O)CS)cc2)CN(CC(=O)[O-])CC1. The van der Waals surface area contributed by atoms with Crippen LogP contribution in [0.4, 0.5) is 11.4 Å². The molecule has 2 atom stereocenters. The van der Waals surface area contributed by atoms with Gasteiger partial charge in [-0.05, 0) is 48.2 Å². The van der Waals surface area contributed by atoms with Gasteiger partial charge in [0.2, 0.25) is 11.8 Å². The van der Waals surface area contributed by atoms with Crippen LogP contribution in [0.2, 0.25) is 0 Å². The molecule has 4 N–H and O–H groups in total. The van der Waals surface area contributed by atoms with Gasteiger partial charge in [0, 0.05) is 173 Å². The third kappa shape index (κ3) is 33.2. The Morgan fingerprint density at radius 3 is 0.978 bits per heavy atom. The third-order valence-corrected chi connectivity index (χ3v) is 14.9. The molecular weight excluding hydrogens is 1270 g/mol. The van der Waals surface area contributed by atoms with E-state index >= 15 is 0 Å². The lowest BCUT2D eigenvalue weighted by Crippen LogP contribution is -2.55. The van der Waals surface area contributed by atoms with Gasteiger partial charge in [0.15, 0.2) is 0 Å². The second kappa shape index (κ2) is 41.1. The Hall–Kier alpha value is -7.24. The quantitative estimate of drug-likeness (QED) is 0.0348. The van der Waals surface area contributed by atoms with Crippen molar-refractivity contribution in [1.82, 2.24) is 39.2 Å². The second-order valence-corrected chi connectivity index (χ2v) is 22.0. The van der Waals surface area contributed by atoms with Crippen molar-refractivity contribution in [3.63, 3.8) is 0 Å². The van der Waals surface area contributed by atoms with Crippen LogP contribution in [-0.2, 0) is 60.8 Å². The maximum absolute atomic E-state index is 11.7. The van der Waals surface area contributed by atoms with Crippen molar-refractivity contribution in [3.8, 4) is 0 Å². The summed E-state index contributed by atoms with van der Waals surface area (Å²) in [5.41, 5.74) is 8.91. The normalized spacial score (nSPS) is 17.8. The highest BCUT2D eigenvalue weighted by molar-refractivity contribution is 9.09. The number of hydrogen-bond donors (Lipinski definition) is 4. The summed E-state index contributed by atoms with van der Waals surface area (Å²) in [6, 6.07) is 22.1. The van der Waals surface area contributed by atoms with Gasteiger partial charge < -0.3 is 95.6 Å². The number of carboxylic acids is 8. The van der Waals surface area contributed by atoms with E-state index in [1.807, 2.05) is 30.3 Å². The van der Waals surface area contributed by atoms with E-state index < -0.39 is 112 Å². The largest absolute Gasteiger partial charge is 0.549 e. The van der Waals surface area contributed by atoms with Crippen LogP contribution < -0.4 is 57.2 Å². The van der Waals surface area contributed by atoms with Crippen LogP contribution in [0, 0.1) is 0 Å². The molecule has 2 saturated heterocycles. The molecule has 2 aliphatic rings. The van der Waals surface area contributed by atoms with Crippen molar-refractivity contribution in [3.05, 3.63) is 95.6 Å². The van der Waals surface area contributed by atoms with Gasteiger partial charge in [0.1, 0.15) is 4.99 Å². The van der Waals surface area contributed by atoms with Crippen LogP contribution in [-0.4, -0.2) is 271 Å². The minimum absolute atomic E-state index is 0.00560. The first-order chi connectivity index (χ1) is 42.2. The smallest absolute Gasteiger partial charge is 0.235 e. The van der Waals surface area contributed by atoms with E-state index in [-0.39, 0.29) is 127 Å². The number of carbonyl (C=O) groups is 10. The molecule has 0 unspecified atom stereocenters. The number of nitrogens with zero attached hydrogens (tertiary/aromatic N) is 8. The summed E-state index contributed by atoms with van der Waals surface area (Å²) in [4.78, 5) is 128. The molecule has 3 aromatic carbocycles.